The first kappa shape index (κ1) is 19.2. The largest absolute Gasteiger partial charge is 0.484 e. The minimum absolute atomic E-state index is 0.0258. The Morgan fingerprint density at radius 2 is 2.14 bits per heavy atom. The van der Waals surface area contributed by atoms with Gasteiger partial charge in [0.2, 0.25) is 0 Å². The third-order valence-electron chi connectivity index (χ3n) is 4.64. The Kier molecular flexibility index (Phi) is 6.14. The molecule has 28 heavy (non-hydrogen) atoms. The number of aromatic nitrogens is 1. The number of rotatable bonds is 7. The number of hydrogen-bond acceptors (Lipinski definition) is 6. The second kappa shape index (κ2) is 8.94. The Labute approximate surface area is 172 Å². The number of nitrogens with zero attached hydrogens (tertiary/aromatic N) is 2. The molecule has 1 atom stereocenters. The minimum Gasteiger partial charge on any atom is -0.484 e. The molecule has 3 aromatic rings. The molecule has 2 heterocycles. The molecule has 0 saturated carbocycles. The summed E-state index contributed by atoms with van der Waals surface area (Å²) in [7, 11) is 0. The fourth-order valence-electron chi connectivity index (χ4n) is 3.21. The zero-order valence-electron chi connectivity index (χ0n) is 15.7. The van der Waals surface area contributed by atoms with Crippen LogP contribution in [0.25, 0.3) is 10.2 Å². The van der Waals surface area contributed by atoms with Crippen molar-refractivity contribution in [2.24, 2.45) is 0 Å². The van der Waals surface area contributed by atoms with Crippen LogP contribution in [0.3, 0.4) is 0 Å². The molecule has 0 unspecified atom stereocenters. The summed E-state index contributed by atoms with van der Waals surface area (Å²) in [5.74, 6) is 0.575. The van der Waals surface area contributed by atoms with E-state index in [-0.39, 0.29) is 18.6 Å². The number of thioether (sulfide) groups is 1. The van der Waals surface area contributed by atoms with Gasteiger partial charge in [-0.3, -0.25) is 9.69 Å². The van der Waals surface area contributed by atoms with E-state index in [1.165, 1.54) is 11.3 Å². The van der Waals surface area contributed by atoms with E-state index in [9.17, 15) is 4.79 Å². The van der Waals surface area contributed by atoms with Crippen LogP contribution in [0.2, 0.25) is 0 Å². The third-order valence-corrected chi connectivity index (χ3v) is 6.45. The summed E-state index contributed by atoms with van der Waals surface area (Å²) >= 11 is 3.20. The van der Waals surface area contributed by atoms with Gasteiger partial charge < -0.3 is 9.47 Å². The number of para-hydroxylation sites is 2. The van der Waals surface area contributed by atoms with Crippen LogP contribution < -0.4 is 9.64 Å². The SMILES string of the molecule is CSc1cccc2sc(N(C[C@@H]3CCCO3)C(=O)COc3ccccc3)nc12. The number of amides is 1. The van der Waals surface area contributed by atoms with Crippen molar-refractivity contribution in [1.29, 1.82) is 0 Å². The highest BCUT2D eigenvalue weighted by atomic mass is 32.2. The molecule has 1 saturated heterocycles. The van der Waals surface area contributed by atoms with Crippen LogP contribution in [-0.2, 0) is 9.53 Å². The lowest BCUT2D eigenvalue weighted by Crippen LogP contribution is -2.40. The summed E-state index contributed by atoms with van der Waals surface area (Å²) < 4.78 is 12.5. The van der Waals surface area contributed by atoms with Gasteiger partial charge >= 0.3 is 0 Å². The molecule has 5 nitrogen and oxygen atoms in total. The molecular formula is C21H22N2O3S2. The maximum Gasteiger partial charge on any atom is 0.266 e. The Hall–Kier alpha value is -2.09. The Balaban J connectivity index is 1.58. The molecule has 4 rings (SSSR count). The zero-order valence-corrected chi connectivity index (χ0v) is 17.3. The van der Waals surface area contributed by atoms with Crippen molar-refractivity contribution in [3.8, 4) is 5.75 Å². The quantitative estimate of drug-likeness (QED) is 0.529. The highest BCUT2D eigenvalue weighted by Crippen LogP contribution is 2.34. The van der Waals surface area contributed by atoms with Gasteiger partial charge in [-0.2, -0.15) is 0 Å². The van der Waals surface area contributed by atoms with Crippen LogP contribution in [0.4, 0.5) is 5.13 Å². The van der Waals surface area contributed by atoms with Crippen molar-refractivity contribution in [3.63, 3.8) is 0 Å². The Morgan fingerprint density at radius 1 is 1.29 bits per heavy atom. The number of benzene rings is 2. The van der Waals surface area contributed by atoms with E-state index < -0.39 is 0 Å². The lowest BCUT2D eigenvalue weighted by atomic mass is 10.2. The second-order valence-corrected chi connectivity index (χ2v) is 8.40. The average molecular weight is 415 g/mol. The number of fused-ring (bicyclic) bond motifs is 1. The summed E-state index contributed by atoms with van der Waals surface area (Å²) in [4.78, 5) is 20.7. The first-order valence-corrected chi connectivity index (χ1v) is 11.3. The molecule has 1 aliphatic rings. The van der Waals surface area contributed by atoms with Gasteiger partial charge in [-0.25, -0.2) is 4.98 Å². The molecule has 1 aromatic heterocycles. The molecule has 0 bridgehead atoms. The highest BCUT2D eigenvalue weighted by Gasteiger charge is 2.26. The molecule has 0 aliphatic carbocycles. The summed E-state index contributed by atoms with van der Waals surface area (Å²) in [6.45, 7) is 1.23. The van der Waals surface area contributed by atoms with E-state index in [2.05, 4.69) is 6.07 Å². The predicted molar refractivity (Wildman–Crippen MR) is 115 cm³/mol. The van der Waals surface area contributed by atoms with Crippen LogP contribution in [0.1, 0.15) is 12.8 Å². The first-order valence-electron chi connectivity index (χ1n) is 9.28. The van der Waals surface area contributed by atoms with E-state index in [4.69, 9.17) is 14.5 Å². The van der Waals surface area contributed by atoms with Gasteiger partial charge in [0.15, 0.2) is 11.7 Å². The van der Waals surface area contributed by atoms with Crippen molar-refractivity contribution >= 4 is 44.4 Å². The van der Waals surface area contributed by atoms with Crippen LogP contribution in [0.15, 0.2) is 53.4 Å². The van der Waals surface area contributed by atoms with Crippen molar-refractivity contribution in [2.45, 2.75) is 23.8 Å². The van der Waals surface area contributed by atoms with Gasteiger partial charge in [0.1, 0.15) is 5.75 Å². The summed E-state index contributed by atoms with van der Waals surface area (Å²) in [5.41, 5.74) is 0.948. The molecule has 0 spiro atoms. The van der Waals surface area contributed by atoms with E-state index in [0.29, 0.717) is 17.4 Å². The highest BCUT2D eigenvalue weighted by molar-refractivity contribution is 7.98. The monoisotopic (exact) mass is 414 g/mol. The molecule has 1 aliphatic heterocycles. The molecule has 0 radical (unpaired) electrons. The van der Waals surface area contributed by atoms with Crippen LogP contribution in [0, 0.1) is 0 Å². The molecule has 1 fully saturated rings. The van der Waals surface area contributed by atoms with E-state index in [1.807, 2.05) is 48.7 Å². The fraction of sp³-hybridized carbons (Fsp3) is 0.333. The van der Waals surface area contributed by atoms with E-state index in [1.54, 1.807) is 16.7 Å². The normalized spacial score (nSPS) is 16.4. The average Bonchev–Trinajstić information content (AvgIpc) is 3.40. The topological polar surface area (TPSA) is 51.7 Å². The maximum atomic E-state index is 13.0. The minimum atomic E-state index is -0.107. The standard InChI is InChI=1S/C21H22N2O3S2/c1-27-17-10-5-11-18-20(17)22-21(28-18)23(13-16-9-6-12-25-16)19(24)14-26-15-7-3-2-4-8-15/h2-5,7-8,10-11,16H,6,9,12-14H2,1H3/t16-/m0/s1. The number of carbonyl (C=O) groups excluding carboxylic acids is 1. The van der Waals surface area contributed by atoms with Gasteiger partial charge in [-0.15, -0.1) is 11.8 Å². The molecule has 0 N–H and O–H groups in total. The summed E-state index contributed by atoms with van der Waals surface area (Å²) in [6, 6.07) is 15.5. The van der Waals surface area contributed by atoms with Gasteiger partial charge in [0.05, 0.1) is 22.9 Å². The van der Waals surface area contributed by atoms with Gasteiger partial charge in [-0.1, -0.05) is 35.6 Å². The van der Waals surface area contributed by atoms with Crippen molar-refractivity contribution in [1.82, 2.24) is 4.98 Å². The smallest absolute Gasteiger partial charge is 0.266 e. The molecule has 1 amide bonds. The predicted octanol–water partition coefficient (Wildman–Crippen LogP) is 4.61. The number of anilines is 1. The zero-order chi connectivity index (χ0) is 19.3. The maximum absolute atomic E-state index is 13.0. The molecule has 2 aromatic carbocycles. The van der Waals surface area contributed by atoms with E-state index in [0.717, 1.165) is 34.6 Å². The van der Waals surface area contributed by atoms with Gasteiger partial charge in [-0.05, 0) is 43.4 Å². The first-order chi connectivity index (χ1) is 13.7. The van der Waals surface area contributed by atoms with Crippen molar-refractivity contribution in [3.05, 3.63) is 48.5 Å². The molecule has 146 valence electrons. The lowest BCUT2D eigenvalue weighted by Gasteiger charge is -2.23. The van der Waals surface area contributed by atoms with Crippen molar-refractivity contribution < 1.29 is 14.3 Å². The number of hydrogen-bond donors (Lipinski definition) is 0. The van der Waals surface area contributed by atoms with E-state index >= 15 is 0 Å². The Morgan fingerprint density at radius 3 is 2.89 bits per heavy atom. The molecule has 7 heteroatoms. The second-order valence-electron chi connectivity index (χ2n) is 6.54. The van der Waals surface area contributed by atoms with Crippen molar-refractivity contribution in [2.75, 3.05) is 30.9 Å². The number of ether oxygens (including phenoxy) is 2. The Bertz CT molecular complexity index is 939. The number of thiazole rings is 1. The van der Waals surface area contributed by atoms with Gasteiger partial charge in [0, 0.05) is 11.5 Å². The lowest BCUT2D eigenvalue weighted by molar-refractivity contribution is -0.120. The van der Waals surface area contributed by atoms with Gasteiger partial charge in [0.25, 0.3) is 5.91 Å². The molecular weight excluding hydrogens is 392 g/mol. The van der Waals surface area contributed by atoms with Crippen LogP contribution >= 0.6 is 23.1 Å². The fourth-order valence-corrected chi connectivity index (χ4v) is 4.86. The summed E-state index contributed by atoms with van der Waals surface area (Å²) in [5, 5.41) is 0.702. The van der Waals surface area contributed by atoms with Crippen LogP contribution in [-0.4, -0.2) is 43.0 Å². The van der Waals surface area contributed by atoms with Crippen LogP contribution in [0.5, 0.6) is 5.75 Å². The number of carbonyl (C=O) groups is 1. The summed E-state index contributed by atoms with van der Waals surface area (Å²) in [6.07, 6.45) is 4.08. The third kappa shape index (κ3) is 4.32.